The largest absolute Gasteiger partial charge is 0.492 e. The molecular weight excluding hydrogens is 514 g/mol. The average Bonchev–Trinajstić information content (AvgIpc) is 2.81. The number of ether oxygens (including phenoxy) is 1. The number of anilines is 1. The molecule has 1 aliphatic rings. The van der Waals surface area contributed by atoms with Gasteiger partial charge in [0.05, 0.1) is 27.3 Å². The topological polar surface area (TPSA) is 113 Å². The van der Waals surface area contributed by atoms with Crippen LogP contribution in [0.3, 0.4) is 0 Å². The minimum absolute atomic E-state index is 0.00767. The van der Waals surface area contributed by atoms with E-state index in [-0.39, 0.29) is 33.8 Å². The van der Waals surface area contributed by atoms with Crippen LogP contribution >= 0.6 is 11.6 Å². The van der Waals surface area contributed by atoms with E-state index in [1.54, 1.807) is 19.9 Å². The number of rotatable bonds is 8. The van der Waals surface area contributed by atoms with Gasteiger partial charge < -0.3 is 10.1 Å². The third-order valence-electron chi connectivity index (χ3n) is 5.84. The summed E-state index contributed by atoms with van der Waals surface area (Å²) in [6.07, 6.45) is 1.02. The molecule has 0 aromatic heterocycles. The summed E-state index contributed by atoms with van der Waals surface area (Å²) in [6.45, 7) is 4.26. The van der Waals surface area contributed by atoms with Gasteiger partial charge in [0, 0.05) is 32.9 Å². The molecule has 12 heteroatoms. The quantitative estimate of drug-likeness (QED) is 0.546. The summed E-state index contributed by atoms with van der Waals surface area (Å²) in [5.41, 5.74) is 1.07. The van der Waals surface area contributed by atoms with Crippen LogP contribution in [0.15, 0.2) is 46.2 Å². The van der Waals surface area contributed by atoms with Crippen molar-refractivity contribution in [2.45, 2.75) is 36.5 Å². The van der Waals surface area contributed by atoms with Gasteiger partial charge in [-0.15, -0.1) is 0 Å². The van der Waals surface area contributed by atoms with Crippen LogP contribution in [0.25, 0.3) is 0 Å². The van der Waals surface area contributed by atoms with Gasteiger partial charge in [-0.05, 0) is 62.6 Å². The van der Waals surface area contributed by atoms with E-state index in [4.69, 9.17) is 16.3 Å². The van der Waals surface area contributed by atoms with E-state index in [0.717, 1.165) is 4.31 Å². The summed E-state index contributed by atoms with van der Waals surface area (Å²) in [4.78, 5) is 13.2. The van der Waals surface area contributed by atoms with Gasteiger partial charge in [-0.25, -0.2) is 21.1 Å². The van der Waals surface area contributed by atoms with Gasteiger partial charge in [-0.3, -0.25) is 4.79 Å². The first-order valence-corrected chi connectivity index (χ1v) is 14.4. The number of piperidine rings is 1. The maximum Gasteiger partial charge on any atom is 0.243 e. The fourth-order valence-corrected chi connectivity index (χ4v) is 6.56. The number of nitrogens with one attached hydrogen (secondary N) is 1. The van der Waals surface area contributed by atoms with Crippen molar-refractivity contribution in [3.63, 3.8) is 0 Å². The number of sulfonamides is 2. The Hall–Kier alpha value is -2.18. The molecule has 1 saturated heterocycles. The number of halogens is 1. The van der Waals surface area contributed by atoms with Crippen molar-refractivity contribution >= 4 is 43.2 Å². The van der Waals surface area contributed by atoms with E-state index < -0.39 is 26.0 Å². The number of aryl methyl sites for hydroxylation is 1. The van der Waals surface area contributed by atoms with Crippen LogP contribution in [0.1, 0.15) is 25.3 Å². The van der Waals surface area contributed by atoms with Gasteiger partial charge in [0.15, 0.2) is 0 Å². The summed E-state index contributed by atoms with van der Waals surface area (Å²) < 4.78 is 59.2. The molecule has 0 spiro atoms. The third kappa shape index (κ3) is 5.97. The molecule has 35 heavy (non-hydrogen) atoms. The molecule has 192 valence electrons. The monoisotopic (exact) mass is 543 g/mol. The Morgan fingerprint density at radius 3 is 2.46 bits per heavy atom. The van der Waals surface area contributed by atoms with Crippen molar-refractivity contribution < 1.29 is 26.4 Å². The molecule has 0 bridgehead atoms. The zero-order chi connectivity index (χ0) is 26.0. The highest BCUT2D eigenvalue weighted by atomic mass is 35.5. The van der Waals surface area contributed by atoms with Crippen LogP contribution in [-0.4, -0.2) is 65.1 Å². The Kier molecular flexibility index (Phi) is 8.48. The van der Waals surface area contributed by atoms with Gasteiger partial charge in [-0.2, -0.15) is 4.31 Å². The molecule has 0 unspecified atom stereocenters. The molecule has 1 amide bonds. The van der Waals surface area contributed by atoms with E-state index in [1.165, 1.54) is 48.7 Å². The van der Waals surface area contributed by atoms with Crippen molar-refractivity contribution in [3.8, 4) is 5.75 Å². The van der Waals surface area contributed by atoms with Crippen molar-refractivity contribution in [2.24, 2.45) is 5.92 Å². The second kappa shape index (κ2) is 10.8. The number of carbonyl (C=O) groups excluding carboxylic acids is 1. The lowest BCUT2D eigenvalue weighted by Gasteiger charge is -2.31. The second-order valence-corrected chi connectivity index (χ2v) is 13.0. The summed E-state index contributed by atoms with van der Waals surface area (Å²) in [5.74, 6) is -0.555. The maximum absolute atomic E-state index is 13.2. The highest BCUT2D eigenvalue weighted by molar-refractivity contribution is 7.89. The number of nitrogens with zero attached hydrogens (tertiary/aromatic N) is 2. The first kappa shape index (κ1) is 27.4. The predicted octanol–water partition coefficient (Wildman–Crippen LogP) is 3.34. The number of amides is 1. The SMILES string of the molecule is CCOc1ccc(S(=O)(=O)N2CCC[C@@H](C(=O)Nc3cc(S(=O)(=O)N(C)C)ccc3C)C2)cc1Cl. The van der Waals surface area contributed by atoms with E-state index >= 15 is 0 Å². The van der Waals surface area contributed by atoms with Crippen molar-refractivity contribution in [3.05, 3.63) is 47.0 Å². The number of carbonyl (C=O) groups is 1. The van der Waals surface area contributed by atoms with Crippen LogP contribution in [0.4, 0.5) is 5.69 Å². The molecule has 1 aliphatic heterocycles. The number of hydrogen-bond acceptors (Lipinski definition) is 6. The first-order valence-electron chi connectivity index (χ1n) is 11.1. The van der Waals surface area contributed by atoms with Gasteiger partial charge in [0.1, 0.15) is 5.75 Å². The second-order valence-electron chi connectivity index (χ2n) is 8.48. The zero-order valence-electron chi connectivity index (χ0n) is 20.1. The molecule has 1 fully saturated rings. The highest BCUT2D eigenvalue weighted by Crippen LogP contribution is 2.31. The average molecular weight is 544 g/mol. The molecule has 0 radical (unpaired) electrons. The Morgan fingerprint density at radius 2 is 1.83 bits per heavy atom. The summed E-state index contributed by atoms with van der Waals surface area (Å²) in [6, 6.07) is 8.84. The van der Waals surface area contributed by atoms with Gasteiger partial charge in [0.2, 0.25) is 26.0 Å². The van der Waals surface area contributed by atoms with Crippen LogP contribution in [-0.2, 0) is 24.8 Å². The molecule has 0 saturated carbocycles. The van der Waals surface area contributed by atoms with E-state index in [0.29, 0.717) is 36.4 Å². The minimum atomic E-state index is -3.87. The lowest BCUT2D eigenvalue weighted by Crippen LogP contribution is -2.43. The first-order chi connectivity index (χ1) is 16.4. The molecule has 3 rings (SSSR count). The van der Waals surface area contributed by atoms with Gasteiger partial charge in [0.25, 0.3) is 0 Å². The van der Waals surface area contributed by atoms with Crippen LogP contribution in [0, 0.1) is 12.8 Å². The summed E-state index contributed by atoms with van der Waals surface area (Å²) >= 11 is 6.18. The molecule has 2 aromatic rings. The summed E-state index contributed by atoms with van der Waals surface area (Å²) in [7, 11) is -4.68. The molecule has 0 aliphatic carbocycles. The molecule has 1 atom stereocenters. The van der Waals surface area contributed by atoms with Crippen molar-refractivity contribution in [1.82, 2.24) is 8.61 Å². The molecule has 9 nitrogen and oxygen atoms in total. The lowest BCUT2D eigenvalue weighted by molar-refractivity contribution is -0.120. The number of benzene rings is 2. The summed E-state index contributed by atoms with van der Waals surface area (Å²) in [5, 5.41) is 2.99. The Labute approximate surface area is 212 Å². The van der Waals surface area contributed by atoms with Crippen molar-refractivity contribution in [1.29, 1.82) is 0 Å². The fraction of sp³-hybridized carbons (Fsp3) is 0.435. The maximum atomic E-state index is 13.2. The highest BCUT2D eigenvalue weighted by Gasteiger charge is 2.34. The molecule has 2 aromatic carbocycles. The van der Waals surface area contributed by atoms with E-state index in [2.05, 4.69) is 5.32 Å². The predicted molar refractivity (Wildman–Crippen MR) is 135 cm³/mol. The Bertz CT molecular complexity index is 1310. The Morgan fingerprint density at radius 1 is 1.14 bits per heavy atom. The standard InChI is InChI=1S/C23H30ClN3O6S2/c1-5-33-22-11-10-18(13-20(22)24)35(31,32)27-12-6-7-17(15-27)23(28)25-21-14-19(9-8-16(21)2)34(29,30)26(3)4/h8-11,13-14,17H,5-7,12,15H2,1-4H3,(H,25,28)/t17-/m1/s1. The zero-order valence-corrected chi connectivity index (χ0v) is 22.5. The number of hydrogen-bond donors (Lipinski definition) is 1. The lowest BCUT2D eigenvalue weighted by atomic mass is 9.98. The molecule has 1 N–H and O–H groups in total. The van der Waals surface area contributed by atoms with Crippen LogP contribution in [0.2, 0.25) is 5.02 Å². The van der Waals surface area contributed by atoms with Crippen LogP contribution < -0.4 is 10.1 Å². The molecule has 1 heterocycles. The van der Waals surface area contributed by atoms with Crippen molar-refractivity contribution in [2.75, 3.05) is 39.1 Å². The van der Waals surface area contributed by atoms with Gasteiger partial charge >= 0.3 is 0 Å². The Balaban J connectivity index is 1.78. The van der Waals surface area contributed by atoms with Crippen LogP contribution in [0.5, 0.6) is 5.75 Å². The third-order valence-corrected chi connectivity index (χ3v) is 9.81. The smallest absolute Gasteiger partial charge is 0.243 e. The minimum Gasteiger partial charge on any atom is -0.492 e. The van der Waals surface area contributed by atoms with Gasteiger partial charge in [-0.1, -0.05) is 17.7 Å². The molecular formula is C23H30ClN3O6S2. The normalized spacial score (nSPS) is 17.4. The van der Waals surface area contributed by atoms with E-state index in [1.807, 2.05) is 0 Å². The van der Waals surface area contributed by atoms with E-state index in [9.17, 15) is 21.6 Å². The fourth-order valence-electron chi connectivity index (χ4n) is 3.78.